The number of nitrogens with one attached hydrogen (secondary N) is 1. The molecule has 0 unspecified atom stereocenters. The summed E-state index contributed by atoms with van der Waals surface area (Å²) < 4.78 is 4.86. The third kappa shape index (κ3) is 3.36. The number of carbonyl (C=O) groups excluding carboxylic acids is 2. The zero-order valence-electron chi connectivity index (χ0n) is 12.9. The number of amides is 1. The molecule has 0 aliphatic rings. The fraction of sp³-hybridized carbons (Fsp3) is 0.294. The van der Waals surface area contributed by atoms with Crippen molar-refractivity contribution in [1.82, 2.24) is 0 Å². The second-order valence-electron chi connectivity index (χ2n) is 4.92. The summed E-state index contributed by atoms with van der Waals surface area (Å²) >= 11 is 1.40. The van der Waals surface area contributed by atoms with E-state index in [9.17, 15) is 9.59 Å². The molecule has 0 atom stereocenters. The lowest BCUT2D eigenvalue weighted by Crippen LogP contribution is -2.13. The van der Waals surface area contributed by atoms with E-state index in [-0.39, 0.29) is 5.91 Å². The quantitative estimate of drug-likeness (QED) is 0.839. The number of rotatable bonds is 5. The lowest BCUT2D eigenvalue weighted by Gasteiger charge is -2.05. The Kier molecular flexibility index (Phi) is 5.33. The number of esters is 1. The molecule has 0 bridgehead atoms. The zero-order valence-corrected chi connectivity index (χ0v) is 13.8. The van der Waals surface area contributed by atoms with E-state index >= 15 is 0 Å². The van der Waals surface area contributed by atoms with Gasteiger partial charge in [0, 0.05) is 11.3 Å². The first-order chi connectivity index (χ1) is 10.6. The highest BCUT2D eigenvalue weighted by atomic mass is 32.1. The Balaban J connectivity index is 2.48. The summed E-state index contributed by atoms with van der Waals surface area (Å²) in [6, 6.07) is 9.80. The molecule has 0 radical (unpaired) electrons. The van der Waals surface area contributed by atoms with Crippen molar-refractivity contribution in [2.75, 3.05) is 12.4 Å². The van der Waals surface area contributed by atoms with Gasteiger partial charge in [0.1, 0.15) is 5.00 Å². The van der Waals surface area contributed by atoms with Gasteiger partial charge >= 0.3 is 5.97 Å². The first kappa shape index (κ1) is 16.2. The van der Waals surface area contributed by atoms with Crippen LogP contribution in [-0.2, 0) is 9.53 Å². The normalized spacial score (nSPS) is 10.3. The molecule has 1 amide bonds. The van der Waals surface area contributed by atoms with Crippen LogP contribution in [0.5, 0.6) is 0 Å². The van der Waals surface area contributed by atoms with Crippen LogP contribution in [0, 0.1) is 6.92 Å². The number of ether oxygens (including phenoxy) is 1. The molecule has 1 aromatic heterocycles. The van der Waals surface area contributed by atoms with Gasteiger partial charge in [-0.2, -0.15) is 0 Å². The predicted octanol–water partition coefficient (Wildman–Crippen LogP) is 4.25. The van der Waals surface area contributed by atoms with Gasteiger partial charge in [0.25, 0.3) is 0 Å². The van der Waals surface area contributed by atoms with Crippen LogP contribution in [-0.4, -0.2) is 19.0 Å². The van der Waals surface area contributed by atoms with Crippen molar-refractivity contribution >= 4 is 28.2 Å². The maximum absolute atomic E-state index is 12.1. The fourth-order valence-corrected chi connectivity index (χ4v) is 3.45. The maximum atomic E-state index is 12.1. The molecular weight excluding hydrogens is 298 g/mol. The van der Waals surface area contributed by atoms with Crippen LogP contribution >= 0.6 is 11.3 Å². The van der Waals surface area contributed by atoms with Gasteiger partial charge in [-0.25, -0.2) is 4.79 Å². The van der Waals surface area contributed by atoms with Gasteiger partial charge in [0.15, 0.2) is 0 Å². The van der Waals surface area contributed by atoms with Gasteiger partial charge in [0.2, 0.25) is 5.91 Å². The van der Waals surface area contributed by atoms with E-state index in [0.717, 1.165) is 22.4 Å². The number of methoxy groups -OCH3 is 1. The Morgan fingerprint density at radius 3 is 2.50 bits per heavy atom. The molecule has 1 N–H and O–H groups in total. The molecule has 22 heavy (non-hydrogen) atoms. The van der Waals surface area contributed by atoms with Crippen molar-refractivity contribution < 1.29 is 14.3 Å². The van der Waals surface area contributed by atoms with E-state index in [2.05, 4.69) is 5.32 Å². The Hall–Kier alpha value is -2.14. The second-order valence-corrected chi connectivity index (χ2v) is 5.94. The Bertz CT molecular complexity index is 677. The molecule has 1 heterocycles. The highest BCUT2D eigenvalue weighted by molar-refractivity contribution is 7.20. The van der Waals surface area contributed by atoms with Crippen molar-refractivity contribution in [3.8, 4) is 10.4 Å². The first-order valence-corrected chi connectivity index (χ1v) is 7.97. The summed E-state index contributed by atoms with van der Waals surface area (Å²) in [6.07, 6.45) is 1.19. The minimum atomic E-state index is -0.428. The molecule has 0 saturated carbocycles. The molecular formula is C17H19NO3S. The zero-order chi connectivity index (χ0) is 16.1. The van der Waals surface area contributed by atoms with Gasteiger partial charge in [-0.1, -0.05) is 37.3 Å². The Labute approximate surface area is 134 Å². The Morgan fingerprint density at radius 1 is 1.23 bits per heavy atom. The van der Waals surface area contributed by atoms with Crippen LogP contribution in [0.3, 0.4) is 0 Å². The van der Waals surface area contributed by atoms with Crippen LogP contribution in [0.2, 0.25) is 0 Å². The molecule has 116 valence electrons. The number of benzene rings is 1. The van der Waals surface area contributed by atoms with Gasteiger partial charge < -0.3 is 10.1 Å². The van der Waals surface area contributed by atoms with E-state index < -0.39 is 5.97 Å². The molecule has 4 nitrogen and oxygen atoms in total. The van der Waals surface area contributed by atoms with Crippen molar-refractivity contribution in [1.29, 1.82) is 0 Å². The van der Waals surface area contributed by atoms with E-state index in [1.165, 1.54) is 18.4 Å². The smallest absolute Gasteiger partial charge is 0.341 e. The summed E-state index contributed by atoms with van der Waals surface area (Å²) in [5.74, 6) is -0.517. The maximum Gasteiger partial charge on any atom is 0.341 e. The van der Waals surface area contributed by atoms with Crippen LogP contribution in [0.25, 0.3) is 10.4 Å². The summed E-state index contributed by atoms with van der Waals surface area (Å²) in [5, 5.41) is 3.39. The molecule has 0 fully saturated rings. The van der Waals surface area contributed by atoms with E-state index in [0.29, 0.717) is 17.0 Å². The second kappa shape index (κ2) is 7.22. The first-order valence-electron chi connectivity index (χ1n) is 7.15. The van der Waals surface area contributed by atoms with Crippen molar-refractivity contribution in [2.45, 2.75) is 26.7 Å². The number of thiophene rings is 1. The predicted molar refractivity (Wildman–Crippen MR) is 89.4 cm³/mol. The fourth-order valence-electron chi connectivity index (χ4n) is 2.23. The van der Waals surface area contributed by atoms with Crippen LogP contribution in [0.1, 0.15) is 35.7 Å². The summed E-state index contributed by atoms with van der Waals surface area (Å²) in [4.78, 5) is 24.9. The minimum absolute atomic E-state index is 0.0893. The molecule has 0 spiro atoms. The number of hydrogen-bond donors (Lipinski definition) is 1. The summed E-state index contributed by atoms with van der Waals surface area (Å²) in [7, 11) is 1.35. The van der Waals surface area contributed by atoms with E-state index in [1.807, 2.05) is 44.2 Å². The lowest BCUT2D eigenvalue weighted by atomic mass is 10.1. The van der Waals surface area contributed by atoms with Crippen LogP contribution in [0.4, 0.5) is 5.00 Å². The third-order valence-electron chi connectivity index (χ3n) is 3.30. The molecule has 0 saturated heterocycles. The molecule has 0 aliphatic heterocycles. The highest BCUT2D eigenvalue weighted by Crippen LogP contribution is 2.40. The van der Waals surface area contributed by atoms with Crippen molar-refractivity contribution in [3.05, 3.63) is 41.5 Å². The SMILES string of the molecule is CCCC(=O)Nc1sc(-c2ccccc2)c(C)c1C(=O)OC. The topological polar surface area (TPSA) is 55.4 Å². The van der Waals surface area contributed by atoms with Gasteiger partial charge in [-0.15, -0.1) is 11.3 Å². The van der Waals surface area contributed by atoms with Crippen LogP contribution in [0.15, 0.2) is 30.3 Å². The highest BCUT2D eigenvalue weighted by Gasteiger charge is 2.23. The number of hydrogen-bond acceptors (Lipinski definition) is 4. The van der Waals surface area contributed by atoms with Crippen molar-refractivity contribution in [3.63, 3.8) is 0 Å². The molecule has 2 aromatic rings. The third-order valence-corrected chi connectivity index (χ3v) is 4.56. The average Bonchev–Trinajstić information content (AvgIpc) is 2.84. The summed E-state index contributed by atoms with van der Waals surface area (Å²) in [6.45, 7) is 3.82. The molecule has 0 aliphatic carbocycles. The monoisotopic (exact) mass is 317 g/mol. The standard InChI is InChI=1S/C17H19NO3S/c1-4-8-13(19)18-16-14(17(20)21-3)11(2)15(22-16)12-9-6-5-7-10-12/h5-7,9-10H,4,8H2,1-3H3,(H,18,19). The minimum Gasteiger partial charge on any atom is -0.465 e. The van der Waals surface area contributed by atoms with E-state index in [1.54, 1.807) is 0 Å². The van der Waals surface area contributed by atoms with E-state index in [4.69, 9.17) is 4.74 Å². The number of carbonyl (C=O) groups is 2. The molecule has 5 heteroatoms. The molecule has 1 aromatic carbocycles. The van der Waals surface area contributed by atoms with Gasteiger partial charge in [-0.05, 0) is 24.5 Å². The molecule has 2 rings (SSSR count). The van der Waals surface area contributed by atoms with Crippen LogP contribution < -0.4 is 5.32 Å². The lowest BCUT2D eigenvalue weighted by molar-refractivity contribution is -0.116. The van der Waals surface area contributed by atoms with Gasteiger partial charge in [-0.3, -0.25) is 4.79 Å². The summed E-state index contributed by atoms with van der Waals surface area (Å²) in [5.41, 5.74) is 2.29. The van der Waals surface area contributed by atoms with Crippen molar-refractivity contribution in [2.24, 2.45) is 0 Å². The average molecular weight is 317 g/mol. The number of anilines is 1. The van der Waals surface area contributed by atoms with Gasteiger partial charge in [0.05, 0.1) is 12.7 Å². The Morgan fingerprint density at radius 2 is 1.91 bits per heavy atom. The largest absolute Gasteiger partial charge is 0.465 e.